The van der Waals surface area contributed by atoms with Gasteiger partial charge in [0, 0.05) is 12.1 Å². The van der Waals surface area contributed by atoms with E-state index in [1.54, 1.807) is 24.3 Å². The van der Waals surface area contributed by atoms with Crippen LogP contribution in [0.3, 0.4) is 0 Å². The number of carbonyl (C=O) groups is 2. The molecule has 1 aliphatic rings. The average molecular weight is 485 g/mol. The first kappa shape index (κ1) is 27.2. The lowest BCUT2D eigenvalue weighted by Gasteiger charge is -2.24. The summed E-state index contributed by atoms with van der Waals surface area (Å²) in [5.41, 5.74) is 0.601. The molecule has 1 aliphatic carbocycles. The molecule has 0 saturated heterocycles. The van der Waals surface area contributed by atoms with Crippen molar-refractivity contribution in [2.24, 2.45) is 11.8 Å². The zero-order chi connectivity index (χ0) is 24.4. The molecule has 5 N–H and O–H groups in total. The number of benzene rings is 1. The highest BCUT2D eigenvalue weighted by atomic mass is 32.2. The van der Waals surface area contributed by atoms with E-state index in [9.17, 15) is 33.3 Å². The van der Waals surface area contributed by atoms with Gasteiger partial charge in [0.15, 0.2) is 0 Å². The maximum absolute atomic E-state index is 12.2. The van der Waals surface area contributed by atoms with Crippen molar-refractivity contribution in [3.05, 3.63) is 30.3 Å². The maximum atomic E-state index is 12.2. The van der Waals surface area contributed by atoms with Crippen LogP contribution in [0.1, 0.15) is 57.8 Å². The number of carbonyl (C=O) groups excluding carboxylic acids is 2. The van der Waals surface area contributed by atoms with E-state index in [1.807, 2.05) is 10.8 Å². The molecule has 1 aromatic carbocycles. The van der Waals surface area contributed by atoms with Gasteiger partial charge in [0.2, 0.25) is 15.9 Å². The fourth-order valence-corrected chi connectivity index (χ4v) is 5.00. The van der Waals surface area contributed by atoms with E-state index in [1.165, 1.54) is 0 Å². The fraction of sp³-hybridized carbons (Fsp3) is 0.652. The Labute approximate surface area is 195 Å². The SMILES string of the molecule is CS(=O)(=O)NC(=O)CCCCCCC1C(O)CC(O)C1CCC(O)C(=O)Nc1ccccc1. The van der Waals surface area contributed by atoms with Crippen molar-refractivity contribution < 1.29 is 33.3 Å². The number of amides is 2. The third kappa shape index (κ3) is 9.79. The number of aliphatic hydroxyl groups excluding tert-OH is 3. The molecule has 1 saturated carbocycles. The topological polar surface area (TPSA) is 153 Å². The van der Waals surface area contributed by atoms with Crippen LogP contribution >= 0.6 is 0 Å². The highest BCUT2D eigenvalue weighted by molar-refractivity contribution is 7.89. The predicted molar refractivity (Wildman–Crippen MR) is 125 cm³/mol. The Morgan fingerprint density at radius 3 is 2.24 bits per heavy atom. The van der Waals surface area contributed by atoms with Crippen LogP contribution in [0.25, 0.3) is 0 Å². The lowest BCUT2D eigenvalue weighted by Crippen LogP contribution is -2.30. The van der Waals surface area contributed by atoms with E-state index in [0.29, 0.717) is 24.9 Å². The Balaban J connectivity index is 1.71. The van der Waals surface area contributed by atoms with Crippen molar-refractivity contribution in [2.75, 3.05) is 11.6 Å². The van der Waals surface area contributed by atoms with E-state index in [4.69, 9.17) is 0 Å². The number of sulfonamides is 1. The summed E-state index contributed by atoms with van der Waals surface area (Å²) < 4.78 is 24.0. The van der Waals surface area contributed by atoms with Gasteiger partial charge in [-0.3, -0.25) is 14.3 Å². The smallest absolute Gasteiger partial charge is 0.253 e. The first-order valence-corrected chi connectivity index (χ1v) is 13.4. The van der Waals surface area contributed by atoms with Crippen LogP contribution in [-0.2, 0) is 19.6 Å². The second-order valence-corrected chi connectivity index (χ2v) is 10.6. The zero-order valence-electron chi connectivity index (χ0n) is 19.0. The van der Waals surface area contributed by atoms with Gasteiger partial charge in [-0.05, 0) is 56.1 Å². The van der Waals surface area contributed by atoms with Crippen LogP contribution < -0.4 is 10.0 Å². The van der Waals surface area contributed by atoms with Gasteiger partial charge in [-0.15, -0.1) is 0 Å². The lowest BCUT2D eigenvalue weighted by molar-refractivity contribution is -0.124. The Kier molecular flexibility index (Phi) is 10.7. The molecule has 0 bridgehead atoms. The largest absolute Gasteiger partial charge is 0.393 e. The molecule has 2 rings (SSSR count). The minimum absolute atomic E-state index is 0.113. The summed E-state index contributed by atoms with van der Waals surface area (Å²) in [7, 11) is -3.53. The van der Waals surface area contributed by atoms with Crippen molar-refractivity contribution in [3.63, 3.8) is 0 Å². The number of aliphatic hydroxyl groups is 3. The molecule has 2 amide bonds. The molecule has 0 aliphatic heterocycles. The Morgan fingerprint density at radius 1 is 1.00 bits per heavy atom. The molecule has 0 aromatic heterocycles. The van der Waals surface area contributed by atoms with Gasteiger partial charge in [0.25, 0.3) is 5.91 Å². The summed E-state index contributed by atoms with van der Waals surface area (Å²) in [5, 5.41) is 33.6. The number of nitrogens with one attached hydrogen (secondary N) is 2. The number of rotatable bonds is 13. The monoisotopic (exact) mass is 484 g/mol. The molecule has 9 nitrogen and oxygen atoms in total. The van der Waals surface area contributed by atoms with E-state index >= 15 is 0 Å². The quantitative estimate of drug-likeness (QED) is 0.266. The second-order valence-electron chi connectivity index (χ2n) is 8.90. The van der Waals surface area contributed by atoms with Crippen LogP contribution in [0.5, 0.6) is 0 Å². The van der Waals surface area contributed by atoms with Crippen LogP contribution in [0.2, 0.25) is 0 Å². The van der Waals surface area contributed by atoms with Crippen molar-refractivity contribution >= 4 is 27.5 Å². The van der Waals surface area contributed by atoms with Gasteiger partial charge in [-0.25, -0.2) is 8.42 Å². The number of unbranched alkanes of at least 4 members (excludes halogenated alkanes) is 3. The Morgan fingerprint density at radius 2 is 1.61 bits per heavy atom. The first-order chi connectivity index (χ1) is 15.6. The molecule has 0 spiro atoms. The third-order valence-electron chi connectivity index (χ3n) is 6.13. The summed E-state index contributed by atoms with van der Waals surface area (Å²) in [6, 6.07) is 8.86. The van der Waals surface area contributed by atoms with Crippen LogP contribution in [0, 0.1) is 11.8 Å². The summed E-state index contributed by atoms with van der Waals surface area (Å²) in [6.45, 7) is 0. The molecule has 0 radical (unpaired) electrons. The fourth-order valence-electron chi connectivity index (χ4n) is 4.49. The molecule has 33 heavy (non-hydrogen) atoms. The number of para-hydroxylation sites is 1. The molecule has 5 unspecified atom stereocenters. The summed E-state index contributed by atoms with van der Waals surface area (Å²) in [5.74, 6) is -1.31. The van der Waals surface area contributed by atoms with Gasteiger partial charge < -0.3 is 20.6 Å². The number of hydrogen-bond donors (Lipinski definition) is 5. The standard InChI is InChI=1S/C23H36N2O7S/c1-33(31,32)25-22(29)12-8-3-2-7-11-17-18(21(28)15-20(17)27)13-14-19(26)23(30)24-16-9-5-4-6-10-16/h4-6,9-10,17-21,26-28H,2-3,7-8,11-15H2,1H3,(H,24,30)(H,25,29). The molecule has 1 aromatic rings. The first-order valence-electron chi connectivity index (χ1n) is 11.5. The number of hydrogen-bond acceptors (Lipinski definition) is 7. The minimum atomic E-state index is -3.53. The van der Waals surface area contributed by atoms with Gasteiger partial charge in [0.05, 0.1) is 18.5 Å². The second kappa shape index (κ2) is 13.0. The lowest BCUT2D eigenvalue weighted by atomic mass is 9.85. The normalized spacial score (nSPS) is 23.8. The minimum Gasteiger partial charge on any atom is -0.393 e. The molecular weight excluding hydrogens is 448 g/mol. The maximum Gasteiger partial charge on any atom is 0.253 e. The predicted octanol–water partition coefficient (Wildman–Crippen LogP) is 1.54. The molecule has 1 fully saturated rings. The molecule has 10 heteroatoms. The van der Waals surface area contributed by atoms with Crippen LogP contribution in [0.4, 0.5) is 5.69 Å². The summed E-state index contributed by atoms with van der Waals surface area (Å²) in [6.07, 6.45) is 3.14. The van der Waals surface area contributed by atoms with Crippen LogP contribution in [0.15, 0.2) is 30.3 Å². The van der Waals surface area contributed by atoms with Gasteiger partial charge >= 0.3 is 0 Å². The third-order valence-corrected chi connectivity index (χ3v) is 6.73. The average Bonchev–Trinajstić information content (AvgIpc) is 3.00. The van der Waals surface area contributed by atoms with Gasteiger partial charge in [-0.1, -0.05) is 37.5 Å². The van der Waals surface area contributed by atoms with Gasteiger partial charge in [-0.2, -0.15) is 0 Å². The van der Waals surface area contributed by atoms with E-state index in [2.05, 4.69) is 5.32 Å². The van der Waals surface area contributed by atoms with Crippen molar-refractivity contribution in [1.82, 2.24) is 4.72 Å². The van der Waals surface area contributed by atoms with E-state index in [-0.39, 0.29) is 31.1 Å². The van der Waals surface area contributed by atoms with Gasteiger partial charge in [0.1, 0.15) is 6.10 Å². The van der Waals surface area contributed by atoms with Crippen molar-refractivity contribution in [2.45, 2.75) is 76.1 Å². The Bertz CT molecular complexity index is 863. The highest BCUT2D eigenvalue weighted by Crippen LogP contribution is 2.39. The summed E-state index contributed by atoms with van der Waals surface area (Å²) in [4.78, 5) is 23.7. The number of anilines is 1. The molecule has 5 atom stereocenters. The van der Waals surface area contributed by atoms with Crippen molar-refractivity contribution in [3.8, 4) is 0 Å². The van der Waals surface area contributed by atoms with Crippen molar-refractivity contribution in [1.29, 1.82) is 0 Å². The molecule has 186 valence electrons. The Hall–Kier alpha value is -2.01. The highest BCUT2D eigenvalue weighted by Gasteiger charge is 2.41. The molecular formula is C23H36N2O7S. The zero-order valence-corrected chi connectivity index (χ0v) is 19.8. The molecule has 0 heterocycles. The summed E-state index contributed by atoms with van der Waals surface area (Å²) >= 11 is 0. The van der Waals surface area contributed by atoms with Crippen LogP contribution in [-0.4, -0.2) is 60.1 Å². The van der Waals surface area contributed by atoms with E-state index in [0.717, 1.165) is 25.5 Å². The van der Waals surface area contributed by atoms with E-state index < -0.39 is 40.1 Å².